The predicted octanol–water partition coefficient (Wildman–Crippen LogP) is 3.97. The fourth-order valence-corrected chi connectivity index (χ4v) is 2.12. The molecule has 1 rings (SSSR count). The van der Waals surface area contributed by atoms with Gasteiger partial charge < -0.3 is 4.57 Å². The summed E-state index contributed by atoms with van der Waals surface area (Å²) in [4.78, 5) is 11.5. The predicted molar refractivity (Wildman–Crippen MR) is 71.8 cm³/mol. The van der Waals surface area contributed by atoms with Crippen LogP contribution in [0.1, 0.15) is 45.4 Å². The molecule has 2 nitrogen and oxygen atoms in total. The zero-order chi connectivity index (χ0) is 11.8. The Labute approximate surface area is 106 Å². The van der Waals surface area contributed by atoms with Crippen LogP contribution >= 0.6 is 15.9 Å². The molecule has 0 amide bonds. The van der Waals surface area contributed by atoms with Gasteiger partial charge in [-0.1, -0.05) is 39.0 Å². The van der Waals surface area contributed by atoms with E-state index < -0.39 is 0 Å². The van der Waals surface area contributed by atoms with Crippen molar-refractivity contribution in [3.05, 3.63) is 33.2 Å². The third-order valence-electron chi connectivity index (χ3n) is 2.70. The molecule has 0 bridgehead atoms. The average molecular weight is 286 g/mol. The highest BCUT2D eigenvalue weighted by Crippen LogP contribution is 2.08. The fourth-order valence-electron chi connectivity index (χ4n) is 1.74. The number of hydrogen-bond donors (Lipinski definition) is 0. The summed E-state index contributed by atoms with van der Waals surface area (Å²) in [6, 6.07) is 3.40. The Kier molecular flexibility index (Phi) is 6.46. The van der Waals surface area contributed by atoms with Crippen LogP contribution in [-0.2, 0) is 6.54 Å². The van der Waals surface area contributed by atoms with E-state index in [1.807, 2.05) is 6.20 Å². The second kappa shape index (κ2) is 7.66. The van der Waals surface area contributed by atoms with Gasteiger partial charge in [0.25, 0.3) is 5.56 Å². The summed E-state index contributed by atoms with van der Waals surface area (Å²) in [5.41, 5.74) is 0.0942. The van der Waals surface area contributed by atoms with Gasteiger partial charge in [-0.2, -0.15) is 0 Å². The Balaban J connectivity index is 2.26. The first-order valence-electron chi connectivity index (χ1n) is 6.10. The first kappa shape index (κ1) is 13.5. The largest absolute Gasteiger partial charge is 0.314 e. The molecule has 0 fully saturated rings. The van der Waals surface area contributed by atoms with E-state index in [2.05, 4.69) is 22.9 Å². The van der Waals surface area contributed by atoms with E-state index in [-0.39, 0.29) is 5.56 Å². The number of unbranched alkanes of at least 4 members (excludes halogenated alkanes) is 5. The van der Waals surface area contributed by atoms with Crippen LogP contribution in [0.15, 0.2) is 27.6 Å². The van der Waals surface area contributed by atoms with Crippen LogP contribution in [0.3, 0.4) is 0 Å². The minimum absolute atomic E-state index is 0.0942. The van der Waals surface area contributed by atoms with Gasteiger partial charge in [0.1, 0.15) is 0 Å². The third kappa shape index (κ3) is 4.97. The summed E-state index contributed by atoms with van der Waals surface area (Å²) in [7, 11) is 0. The van der Waals surface area contributed by atoms with E-state index in [4.69, 9.17) is 0 Å². The number of rotatable bonds is 7. The van der Waals surface area contributed by atoms with Crippen molar-refractivity contribution in [3.8, 4) is 0 Å². The molecule has 0 atom stereocenters. The first-order chi connectivity index (χ1) is 7.74. The zero-order valence-electron chi connectivity index (χ0n) is 9.92. The van der Waals surface area contributed by atoms with E-state index in [1.165, 1.54) is 32.1 Å². The highest BCUT2D eigenvalue weighted by Gasteiger charge is 1.96. The van der Waals surface area contributed by atoms with Gasteiger partial charge in [-0.3, -0.25) is 4.79 Å². The van der Waals surface area contributed by atoms with Gasteiger partial charge in [-0.25, -0.2) is 0 Å². The van der Waals surface area contributed by atoms with Gasteiger partial charge in [-0.05, 0) is 28.4 Å². The van der Waals surface area contributed by atoms with Crippen molar-refractivity contribution in [2.45, 2.75) is 52.0 Å². The molecule has 0 saturated heterocycles. The number of aromatic nitrogens is 1. The summed E-state index contributed by atoms with van der Waals surface area (Å²) >= 11 is 3.38. The monoisotopic (exact) mass is 285 g/mol. The van der Waals surface area contributed by atoms with Crippen molar-refractivity contribution in [1.82, 2.24) is 4.57 Å². The molecule has 3 heteroatoms. The van der Waals surface area contributed by atoms with Crippen LogP contribution in [0.25, 0.3) is 0 Å². The maximum Gasteiger partial charge on any atom is 0.250 e. The molecule has 0 aliphatic heterocycles. The molecule has 16 heavy (non-hydrogen) atoms. The van der Waals surface area contributed by atoms with Crippen LogP contribution < -0.4 is 5.56 Å². The molecule has 0 aliphatic carbocycles. The Morgan fingerprint density at radius 1 is 1.12 bits per heavy atom. The number of pyridine rings is 1. The second-order valence-electron chi connectivity index (χ2n) is 4.15. The van der Waals surface area contributed by atoms with Crippen LogP contribution in [-0.4, -0.2) is 4.57 Å². The Morgan fingerprint density at radius 3 is 2.56 bits per heavy atom. The van der Waals surface area contributed by atoms with Crippen molar-refractivity contribution >= 4 is 15.9 Å². The molecule has 0 saturated carbocycles. The Bertz CT molecular complexity index is 359. The van der Waals surface area contributed by atoms with Gasteiger partial charge in [0.05, 0.1) is 0 Å². The van der Waals surface area contributed by atoms with Crippen LogP contribution in [0.4, 0.5) is 0 Å². The molecule has 0 unspecified atom stereocenters. The van der Waals surface area contributed by atoms with E-state index in [0.29, 0.717) is 0 Å². The van der Waals surface area contributed by atoms with Crippen LogP contribution in [0.5, 0.6) is 0 Å². The number of aryl methyl sites for hydroxylation is 1. The normalized spacial score (nSPS) is 10.6. The zero-order valence-corrected chi connectivity index (χ0v) is 11.5. The lowest BCUT2D eigenvalue weighted by atomic mass is 10.1. The smallest absolute Gasteiger partial charge is 0.250 e. The molecule has 0 aromatic carbocycles. The van der Waals surface area contributed by atoms with E-state index in [0.717, 1.165) is 17.4 Å². The topological polar surface area (TPSA) is 22.0 Å². The van der Waals surface area contributed by atoms with Crippen LogP contribution in [0.2, 0.25) is 0 Å². The van der Waals surface area contributed by atoms with Crippen molar-refractivity contribution in [2.75, 3.05) is 0 Å². The van der Waals surface area contributed by atoms with Gasteiger partial charge in [0, 0.05) is 23.3 Å². The van der Waals surface area contributed by atoms with Gasteiger partial charge in [-0.15, -0.1) is 0 Å². The van der Waals surface area contributed by atoms with Crippen LogP contribution in [0, 0.1) is 0 Å². The van der Waals surface area contributed by atoms with E-state index >= 15 is 0 Å². The molecule has 90 valence electrons. The molecule has 1 heterocycles. The number of halogens is 1. The SMILES string of the molecule is CCCCCCCCn1cc(Br)ccc1=O. The first-order valence-corrected chi connectivity index (χ1v) is 6.89. The average Bonchev–Trinajstić information content (AvgIpc) is 2.28. The maximum atomic E-state index is 11.5. The number of hydrogen-bond acceptors (Lipinski definition) is 1. The molecular formula is C13H20BrNO. The minimum Gasteiger partial charge on any atom is -0.314 e. The quantitative estimate of drug-likeness (QED) is 0.695. The highest BCUT2D eigenvalue weighted by molar-refractivity contribution is 9.10. The molecule has 0 spiro atoms. The summed E-state index contributed by atoms with van der Waals surface area (Å²) < 4.78 is 2.75. The number of nitrogens with zero attached hydrogens (tertiary/aromatic N) is 1. The second-order valence-corrected chi connectivity index (χ2v) is 5.06. The van der Waals surface area contributed by atoms with E-state index in [9.17, 15) is 4.79 Å². The molecular weight excluding hydrogens is 266 g/mol. The molecule has 1 aromatic rings. The van der Waals surface area contributed by atoms with Crippen molar-refractivity contribution in [2.24, 2.45) is 0 Å². The lowest BCUT2D eigenvalue weighted by molar-refractivity contribution is 0.549. The van der Waals surface area contributed by atoms with E-state index in [1.54, 1.807) is 16.7 Å². The third-order valence-corrected chi connectivity index (χ3v) is 3.17. The molecule has 0 radical (unpaired) electrons. The Hall–Kier alpha value is -0.570. The highest BCUT2D eigenvalue weighted by atomic mass is 79.9. The summed E-state index contributed by atoms with van der Waals surface area (Å²) in [5, 5.41) is 0. The van der Waals surface area contributed by atoms with Crippen molar-refractivity contribution in [3.63, 3.8) is 0 Å². The fraction of sp³-hybridized carbons (Fsp3) is 0.615. The lowest BCUT2D eigenvalue weighted by Crippen LogP contribution is -2.18. The van der Waals surface area contributed by atoms with Crippen molar-refractivity contribution in [1.29, 1.82) is 0 Å². The van der Waals surface area contributed by atoms with Gasteiger partial charge in [0.2, 0.25) is 0 Å². The Morgan fingerprint density at radius 2 is 1.81 bits per heavy atom. The lowest BCUT2D eigenvalue weighted by Gasteiger charge is -2.05. The summed E-state index contributed by atoms with van der Waals surface area (Å²) in [6.45, 7) is 3.06. The standard InChI is InChI=1S/C13H20BrNO/c1-2-3-4-5-6-7-10-15-11-12(14)8-9-13(15)16/h8-9,11H,2-7,10H2,1H3. The van der Waals surface area contributed by atoms with Gasteiger partial charge >= 0.3 is 0 Å². The van der Waals surface area contributed by atoms with Crippen molar-refractivity contribution < 1.29 is 0 Å². The molecule has 0 N–H and O–H groups in total. The minimum atomic E-state index is 0.0942. The van der Waals surface area contributed by atoms with Gasteiger partial charge in [0.15, 0.2) is 0 Å². The molecule has 0 aliphatic rings. The summed E-state index contributed by atoms with van der Waals surface area (Å²) in [5.74, 6) is 0. The molecule has 1 aromatic heterocycles. The summed E-state index contributed by atoms with van der Waals surface area (Å²) in [6.07, 6.45) is 9.41. The maximum absolute atomic E-state index is 11.5.